The number of nitrogens with two attached hydrogens (primary N) is 1. The van der Waals surface area contributed by atoms with E-state index in [-0.39, 0.29) is 6.04 Å². The zero-order valence-electron chi connectivity index (χ0n) is 9.73. The lowest BCUT2D eigenvalue weighted by molar-refractivity contribution is 0.0605. The lowest BCUT2D eigenvalue weighted by Crippen LogP contribution is -2.31. The molecular formula is C12H18ClN3O. The highest BCUT2D eigenvalue weighted by Gasteiger charge is 2.19. The Labute approximate surface area is 106 Å². The standard InChI is InChI=1S/C12H18ClN3O/c13-12-2-1-10(8-15-12)11(16-14)7-9-3-5-17-6-4-9/h1-2,8-9,11,16H,3-7,14H2. The van der Waals surface area contributed by atoms with E-state index >= 15 is 0 Å². The number of pyridine rings is 1. The number of nitrogens with zero attached hydrogens (tertiary/aromatic N) is 1. The maximum Gasteiger partial charge on any atom is 0.129 e. The Morgan fingerprint density at radius 1 is 1.47 bits per heavy atom. The van der Waals surface area contributed by atoms with Gasteiger partial charge in [0.2, 0.25) is 0 Å². The Kier molecular flexibility index (Phi) is 4.74. The van der Waals surface area contributed by atoms with Gasteiger partial charge in [-0.1, -0.05) is 17.7 Å². The number of rotatable bonds is 4. The van der Waals surface area contributed by atoms with Crippen LogP contribution in [-0.2, 0) is 4.74 Å². The third-order valence-corrected chi connectivity index (χ3v) is 3.49. The van der Waals surface area contributed by atoms with Crippen molar-refractivity contribution in [2.45, 2.75) is 25.3 Å². The molecule has 2 rings (SSSR count). The van der Waals surface area contributed by atoms with E-state index in [2.05, 4.69) is 10.4 Å². The van der Waals surface area contributed by atoms with Crippen molar-refractivity contribution in [1.82, 2.24) is 10.4 Å². The second kappa shape index (κ2) is 6.31. The molecule has 0 saturated carbocycles. The summed E-state index contributed by atoms with van der Waals surface area (Å²) in [7, 11) is 0. The minimum Gasteiger partial charge on any atom is -0.381 e. The summed E-state index contributed by atoms with van der Waals surface area (Å²) in [6, 6.07) is 3.91. The second-order valence-corrected chi connectivity index (χ2v) is 4.81. The fourth-order valence-electron chi connectivity index (χ4n) is 2.21. The van der Waals surface area contributed by atoms with Crippen molar-refractivity contribution in [2.75, 3.05) is 13.2 Å². The van der Waals surface area contributed by atoms with E-state index in [4.69, 9.17) is 22.2 Å². The SMILES string of the molecule is NNC(CC1CCOCC1)c1ccc(Cl)nc1. The molecule has 1 saturated heterocycles. The average Bonchev–Trinajstić information content (AvgIpc) is 2.38. The van der Waals surface area contributed by atoms with Gasteiger partial charge in [-0.15, -0.1) is 0 Å². The smallest absolute Gasteiger partial charge is 0.129 e. The predicted molar refractivity (Wildman–Crippen MR) is 67.5 cm³/mol. The molecule has 0 radical (unpaired) electrons. The van der Waals surface area contributed by atoms with Crippen LogP contribution in [0.1, 0.15) is 30.9 Å². The monoisotopic (exact) mass is 255 g/mol. The summed E-state index contributed by atoms with van der Waals surface area (Å²) in [5.41, 5.74) is 3.95. The molecule has 2 heterocycles. The Hall–Kier alpha value is -0.680. The molecule has 1 fully saturated rings. The average molecular weight is 256 g/mol. The van der Waals surface area contributed by atoms with Gasteiger partial charge in [0.15, 0.2) is 0 Å². The Bertz CT molecular complexity index is 338. The van der Waals surface area contributed by atoms with Gasteiger partial charge < -0.3 is 4.74 Å². The Morgan fingerprint density at radius 3 is 2.82 bits per heavy atom. The van der Waals surface area contributed by atoms with E-state index in [9.17, 15) is 0 Å². The summed E-state index contributed by atoms with van der Waals surface area (Å²) in [5, 5.41) is 0.510. The van der Waals surface area contributed by atoms with Gasteiger partial charge in [0.25, 0.3) is 0 Å². The van der Waals surface area contributed by atoms with E-state index in [1.165, 1.54) is 0 Å². The molecule has 1 aliphatic rings. The molecule has 0 bridgehead atoms. The fourth-order valence-corrected chi connectivity index (χ4v) is 2.32. The fraction of sp³-hybridized carbons (Fsp3) is 0.583. The van der Waals surface area contributed by atoms with Crippen molar-refractivity contribution in [3.63, 3.8) is 0 Å². The van der Waals surface area contributed by atoms with Crippen molar-refractivity contribution in [1.29, 1.82) is 0 Å². The van der Waals surface area contributed by atoms with Crippen molar-refractivity contribution in [2.24, 2.45) is 11.8 Å². The minimum absolute atomic E-state index is 0.142. The first-order valence-corrected chi connectivity index (χ1v) is 6.32. The van der Waals surface area contributed by atoms with E-state index in [1.807, 2.05) is 6.07 Å². The summed E-state index contributed by atoms with van der Waals surface area (Å²) < 4.78 is 5.35. The van der Waals surface area contributed by atoms with Crippen LogP contribution < -0.4 is 11.3 Å². The normalized spacial score (nSPS) is 19.2. The van der Waals surface area contributed by atoms with E-state index < -0.39 is 0 Å². The van der Waals surface area contributed by atoms with Gasteiger partial charge in [-0.25, -0.2) is 4.98 Å². The molecule has 5 heteroatoms. The highest BCUT2D eigenvalue weighted by atomic mass is 35.5. The van der Waals surface area contributed by atoms with Crippen LogP contribution in [0.2, 0.25) is 5.15 Å². The third-order valence-electron chi connectivity index (χ3n) is 3.26. The van der Waals surface area contributed by atoms with E-state index in [1.54, 1.807) is 12.3 Å². The number of ether oxygens (including phenoxy) is 1. The molecule has 1 unspecified atom stereocenters. The molecule has 3 N–H and O–H groups in total. The van der Waals surface area contributed by atoms with Crippen LogP contribution in [0.15, 0.2) is 18.3 Å². The molecule has 94 valence electrons. The minimum atomic E-state index is 0.142. The van der Waals surface area contributed by atoms with Gasteiger partial charge in [0.05, 0.1) is 0 Å². The number of hydrazine groups is 1. The Balaban J connectivity index is 1.97. The first-order chi connectivity index (χ1) is 8.29. The molecular weight excluding hydrogens is 238 g/mol. The number of hydrogen-bond acceptors (Lipinski definition) is 4. The summed E-state index contributed by atoms with van der Waals surface area (Å²) in [6.07, 6.45) is 5.02. The maximum absolute atomic E-state index is 5.77. The van der Waals surface area contributed by atoms with Crippen LogP contribution in [0.5, 0.6) is 0 Å². The van der Waals surface area contributed by atoms with Gasteiger partial charge in [-0.3, -0.25) is 11.3 Å². The van der Waals surface area contributed by atoms with Crippen LogP contribution >= 0.6 is 11.6 Å². The highest BCUT2D eigenvalue weighted by Crippen LogP contribution is 2.27. The van der Waals surface area contributed by atoms with Crippen LogP contribution in [-0.4, -0.2) is 18.2 Å². The van der Waals surface area contributed by atoms with Gasteiger partial charge in [-0.2, -0.15) is 0 Å². The van der Waals surface area contributed by atoms with Gasteiger partial charge >= 0.3 is 0 Å². The first-order valence-electron chi connectivity index (χ1n) is 5.95. The zero-order chi connectivity index (χ0) is 12.1. The molecule has 0 aromatic carbocycles. The molecule has 17 heavy (non-hydrogen) atoms. The maximum atomic E-state index is 5.77. The third kappa shape index (κ3) is 3.64. The van der Waals surface area contributed by atoms with Crippen molar-refractivity contribution < 1.29 is 4.74 Å². The summed E-state index contributed by atoms with van der Waals surface area (Å²) in [5.74, 6) is 6.29. The number of halogens is 1. The second-order valence-electron chi connectivity index (χ2n) is 4.42. The summed E-state index contributed by atoms with van der Waals surface area (Å²) in [4.78, 5) is 4.09. The van der Waals surface area contributed by atoms with Crippen LogP contribution in [0.25, 0.3) is 0 Å². The first kappa shape index (κ1) is 12.8. The van der Waals surface area contributed by atoms with E-state index in [0.29, 0.717) is 11.1 Å². The number of hydrogen-bond donors (Lipinski definition) is 2. The molecule has 1 aromatic heterocycles. The van der Waals surface area contributed by atoms with Gasteiger partial charge in [-0.05, 0) is 36.8 Å². The molecule has 1 atom stereocenters. The summed E-state index contributed by atoms with van der Waals surface area (Å²) >= 11 is 5.77. The van der Waals surface area contributed by atoms with Gasteiger partial charge in [0, 0.05) is 25.5 Å². The van der Waals surface area contributed by atoms with Crippen LogP contribution in [0.3, 0.4) is 0 Å². The predicted octanol–water partition coefficient (Wildman–Crippen LogP) is 2.06. The van der Waals surface area contributed by atoms with Crippen LogP contribution in [0, 0.1) is 5.92 Å². The largest absolute Gasteiger partial charge is 0.381 e. The van der Waals surface area contributed by atoms with Crippen molar-refractivity contribution in [3.05, 3.63) is 29.0 Å². The lowest BCUT2D eigenvalue weighted by atomic mass is 9.90. The number of aromatic nitrogens is 1. The lowest BCUT2D eigenvalue weighted by Gasteiger charge is -2.26. The molecule has 1 aromatic rings. The molecule has 0 aliphatic carbocycles. The Morgan fingerprint density at radius 2 is 2.24 bits per heavy atom. The molecule has 1 aliphatic heterocycles. The van der Waals surface area contributed by atoms with E-state index in [0.717, 1.165) is 38.0 Å². The van der Waals surface area contributed by atoms with Crippen molar-refractivity contribution in [3.8, 4) is 0 Å². The number of nitrogens with one attached hydrogen (secondary N) is 1. The topological polar surface area (TPSA) is 60.2 Å². The molecule has 0 amide bonds. The van der Waals surface area contributed by atoms with Gasteiger partial charge in [0.1, 0.15) is 5.15 Å². The molecule has 0 spiro atoms. The highest BCUT2D eigenvalue weighted by molar-refractivity contribution is 6.29. The molecule has 4 nitrogen and oxygen atoms in total. The van der Waals surface area contributed by atoms with Crippen LogP contribution in [0.4, 0.5) is 0 Å². The quantitative estimate of drug-likeness (QED) is 0.491. The summed E-state index contributed by atoms with van der Waals surface area (Å²) in [6.45, 7) is 1.72. The zero-order valence-corrected chi connectivity index (χ0v) is 10.5. The van der Waals surface area contributed by atoms with Crippen molar-refractivity contribution >= 4 is 11.6 Å².